The molecule has 1 unspecified atom stereocenters. The maximum atomic E-state index is 5.87. The standard InChI is InChI=1S/C22H29NO/c1-4-6-15-23-16-19-9-13-22(14-10-19)24-17-20-7-11-21(12-8-20)18(3)5-2/h7-14,16,18H,4-6,15,17H2,1-3H3. The van der Waals surface area contributed by atoms with Gasteiger partial charge in [0.2, 0.25) is 0 Å². The molecule has 0 spiro atoms. The van der Waals surface area contributed by atoms with Gasteiger partial charge in [-0.25, -0.2) is 0 Å². The third-order valence-electron chi connectivity index (χ3n) is 4.33. The van der Waals surface area contributed by atoms with Crippen LogP contribution in [0.1, 0.15) is 62.6 Å². The zero-order valence-corrected chi connectivity index (χ0v) is 15.2. The topological polar surface area (TPSA) is 21.6 Å². The number of aliphatic imine (C=N–C) groups is 1. The van der Waals surface area contributed by atoms with Crippen LogP contribution < -0.4 is 4.74 Å². The molecule has 2 heteroatoms. The van der Waals surface area contributed by atoms with Gasteiger partial charge in [0.15, 0.2) is 0 Å². The summed E-state index contributed by atoms with van der Waals surface area (Å²) in [6, 6.07) is 16.9. The lowest BCUT2D eigenvalue weighted by Gasteiger charge is -2.10. The summed E-state index contributed by atoms with van der Waals surface area (Å²) in [5.41, 5.74) is 3.72. The maximum absolute atomic E-state index is 5.87. The molecule has 0 aliphatic heterocycles. The molecule has 2 aromatic carbocycles. The van der Waals surface area contributed by atoms with E-state index < -0.39 is 0 Å². The molecule has 2 rings (SSSR count). The molecule has 0 fully saturated rings. The second-order valence-electron chi connectivity index (χ2n) is 6.30. The highest BCUT2D eigenvalue weighted by molar-refractivity contribution is 5.79. The fraction of sp³-hybridized carbons (Fsp3) is 0.409. The molecule has 0 bridgehead atoms. The van der Waals surface area contributed by atoms with Crippen molar-refractivity contribution in [1.82, 2.24) is 0 Å². The average molecular weight is 323 g/mol. The number of hydrogen-bond donors (Lipinski definition) is 0. The lowest BCUT2D eigenvalue weighted by molar-refractivity contribution is 0.306. The first-order valence-corrected chi connectivity index (χ1v) is 9.04. The highest BCUT2D eigenvalue weighted by Gasteiger charge is 2.03. The Kier molecular flexibility index (Phi) is 7.54. The molecule has 0 saturated carbocycles. The summed E-state index contributed by atoms with van der Waals surface area (Å²) in [6.45, 7) is 8.17. The number of nitrogens with zero attached hydrogens (tertiary/aromatic N) is 1. The predicted octanol–water partition coefficient (Wildman–Crippen LogP) is 6.00. The Hall–Kier alpha value is -2.09. The number of rotatable bonds is 9. The van der Waals surface area contributed by atoms with Crippen molar-refractivity contribution >= 4 is 6.21 Å². The van der Waals surface area contributed by atoms with Crippen molar-refractivity contribution in [3.63, 3.8) is 0 Å². The van der Waals surface area contributed by atoms with Gasteiger partial charge in [-0.2, -0.15) is 0 Å². The van der Waals surface area contributed by atoms with Gasteiger partial charge in [-0.15, -0.1) is 0 Å². The Bertz CT molecular complexity index is 613. The summed E-state index contributed by atoms with van der Waals surface area (Å²) in [5.74, 6) is 1.51. The van der Waals surface area contributed by atoms with Crippen LogP contribution in [-0.2, 0) is 6.61 Å². The van der Waals surface area contributed by atoms with Crippen molar-refractivity contribution in [3.8, 4) is 5.75 Å². The zero-order valence-electron chi connectivity index (χ0n) is 15.2. The van der Waals surface area contributed by atoms with E-state index in [0.717, 1.165) is 24.3 Å². The van der Waals surface area contributed by atoms with Crippen LogP contribution in [0.25, 0.3) is 0 Å². The van der Waals surface area contributed by atoms with Gasteiger partial charge in [0, 0.05) is 12.8 Å². The smallest absolute Gasteiger partial charge is 0.119 e. The molecule has 0 aromatic heterocycles. The van der Waals surface area contributed by atoms with Crippen LogP contribution in [-0.4, -0.2) is 12.8 Å². The number of benzene rings is 2. The quantitative estimate of drug-likeness (QED) is 0.410. The summed E-state index contributed by atoms with van der Waals surface area (Å²) in [6.07, 6.45) is 5.44. The van der Waals surface area contributed by atoms with Crippen LogP contribution in [0.2, 0.25) is 0 Å². The first kappa shape index (κ1) is 18.3. The normalized spacial score (nSPS) is 12.5. The minimum absolute atomic E-state index is 0.602. The monoisotopic (exact) mass is 323 g/mol. The summed E-state index contributed by atoms with van der Waals surface area (Å²) < 4.78 is 5.87. The number of ether oxygens (including phenoxy) is 1. The lowest BCUT2D eigenvalue weighted by Crippen LogP contribution is -1.97. The maximum Gasteiger partial charge on any atom is 0.119 e. The van der Waals surface area contributed by atoms with Crippen LogP contribution in [0.15, 0.2) is 53.5 Å². The molecule has 0 N–H and O–H groups in total. The van der Waals surface area contributed by atoms with E-state index in [9.17, 15) is 0 Å². The summed E-state index contributed by atoms with van der Waals surface area (Å²) >= 11 is 0. The highest BCUT2D eigenvalue weighted by Crippen LogP contribution is 2.19. The first-order chi connectivity index (χ1) is 11.7. The highest BCUT2D eigenvalue weighted by atomic mass is 16.5. The molecular weight excluding hydrogens is 294 g/mol. The average Bonchev–Trinajstić information content (AvgIpc) is 2.64. The Labute approximate surface area is 146 Å². The molecule has 0 aliphatic carbocycles. The summed E-state index contributed by atoms with van der Waals surface area (Å²) in [4.78, 5) is 4.42. The van der Waals surface area contributed by atoms with E-state index in [1.807, 2.05) is 18.3 Å². The third kappa shape index (κ3) is 5.84. The first-order valence-electron chi connectivity index (χ1n) is 9.04. The van der Waals surface area contributed by atoms with E-state index in [4.69, 9.17) is 4.74 Å². The molecule has 128 valence electrons. The van der Waals surface area contributed by atoms with Gasteiger partial charge >= 0.3 is 0 Å². The van der Waals surface area contributed by atoms with Crippen molar-refractivity contribution in [3.05, 3.63) is 65.2 Å². The molecule has 2 aromatic rings. The molecule has 1 atom stereocenters. The van der Waals surface area contributed by atoms with Crippen LogP contribution in [0.4, 0.5) is 0 Å². The molecule has 2 nitrogen and oxygen atoms in total. The minimum Gasteiger partial charge on any atom is -0.489 e. The molecule has 0 heterocycles. The van der Waals surface area contributed by atoms with E-state index in [0.29, 0.717) is 12.5 Å². The van der Waals surface area contributed by atoms with Crippen molar-refractivity contribution in [2.75, 3.05) is 6.54 Å². The van der Waals surface area contributed by atoms with Crippen LogP contribution in [0.5, 0.6) is 5.75 Å². The largest absolute Gasteiger partial charge is 0.489 e. The van der Waals surface area contributed by atoms with Crippen molar-refractivity contribution < 1.29 is 4.74 Å². The second-order valence-corrected chi connectivity index (χ2v) is 6.30. The molecule has 0 saturated heterocycles. The second kappa shape index (κ2) is 9.92. The zero-order chi connectivity index (χ0) is 17.2. The van der Waals surface area contributed by atoms with Gasteiger partial charge in [-0.05, 0) is 59.7 Å². The van der Waals surface area contributed by atoms with Gasteiger partial charge in [0.1, 0.15) is 12.4 Å². The molecule has 0 aliphatic rings. The van der Waals surface area contributed by atoms with Crippen LogP contribution in [0, 0.1) is 0 Å². The van der Waals surface area contributed by atoms with E-state index in [1.54, 1.807) is 0 Å². The molecule has 0 amide bonds. The Balaban J connectivity index is 1.84. The van der Waals surface area contributed by atoms with E-state index in [1.165, 1.54) is 24.0 Å². The fourth-order valence-electron chi connectivity index (χ4n) is 2.41. The SMILES string of the molecule is CCCCN=Cc1ccc(OCc2ccc(C(C)CC)cc2)cc1. The molecular formula is C22H29NO. The van der Waals surface area contributed by atoms with Crippen molar-refractivity contribution in [2.24, 2.45) is 4.99 Å². The minimum atomic E-state index is 0.602. The number of unbranched alkanes of at least 4 members (excludes halogenated alkanes) is 1. The summed E-state index contributed by atoms with van der Waals surface area (Å²) in [7, 11) is 0. The lowest BCUT2D eigenvalue weighted by atomic mass is 9.98. The van der Waals surface area contributed by atoms with Gasteiger partial charge in [0.05, 0.1) is 0 Å². The Morgan fingerprint density at radius 1 is 1.00 bits per heavy atom. The molecule has 24 heavy (non-hydrogen) atoms. The van der Waals surface area contributed by atoms with E-state index >= 15 is 0 Å². The van der Waals surface area contributed by atoms with E-state index in [2.05, 4.69) is 62.2 Å². The Morgan fingerprint density at radius 3 is 2.33 bits per heavy atom. The Morgan fingerprint density at radius 2 is 1.71 bits per heavy atom. The summed E-state index contributed by atoms with van der Waals surface area (Å²) in [5, 5.41) is 0. The number of hydrogen-bond acceptors (Lipinski definition) is 2. The van der Waals surface area contributed by atoms with Gasteiger partial charge < -0.3 is 4.74 Å². The van der Waals surface area contributed by atoms with Crippen molar-refractivity contribution in [1.29, 1.82) is 0 Å². The van der Waals surface area contributed by atoms with Crippen LogP contribution >= 0.6 is 0 Å². The van der Waals surface area contributed by atoms with Crippen molar-refractivity contribution in [2.45, 2.75) is 52.6 Å². The van der Waals surface area contributed by atoms with Gasteiger partial charge in [-0.1, -0.05) is 51.5 Å². The predicted molar refractivity (Wildman–Crippen MR) is 103 cm³/mol. The van der Waals surface area contributed by atoms with Gasteiger partial charge in [0.25, 0.3) is 0 Å². The van der Waals surface area contributed by atoms with E-state index in [-0.39, 0.29) is 0 Å². The van der Waals surface area contributed by atoms with Gasteiger partial charge in [-0.3, -0.25) is 4.99 Å². The third-order valence-corrected chi connectivity index (χ3v) is 4.33. The van der Waals surface area contributed by atoms with Crippen LogP contribution in [0.3, 0.4) is 0 Å². The molecule has 0 radical (unpaired) electrons. The fourth-order valence-corrected chi connectivity index (χ4v) is 2.41.